The number of nitrogens with zero attached hydrogens (tertiary/aromatic N) is 6. The fourth-order valence-electron chi connectivity index (χ4n) is 3.21. The van der Waals surface area contributed by atoms with Gasteiger partial charge in [0.1, 0.15) is 12.2 Å². The Morgan fingerprint density at radius 1 is 1.36 bits per heavy atom. The molecule has 1 N–H and O–H groups in total. The van der Waals surface area contributed by atoms with E-state index in [1.807, 2.05) is 12.1 Å². The summed E-state index contributed by atoms with van der Waals surface area (Å²) in [4.78, 5) is 10.9. The van der Waals surface area contributed by atoms with Gasteiger partial charge in [-0.15, -0.1) is 28.1 Å². The van der Waals surface area contributed by atoms with Gasteiger partial charge in [-0.2, -0.15) is 0 Å². The van der Waals surface area contributed by atoms with Crippen molar-refractivity contribution in [2.45, 2.75) is 26.4 Å². The van der Waals surface area contributed by atoms with Crippen molar-refractivity contribution in [3.8, 4) is 0 Å². The molecule has 152 valence electrons. The largest absolute Gasteiger partial charge is 0.353 e. The molecule has 7 nitrogen and oxygen atoms in total. The van der Waals surface area contributed by atoms with Crippen molar-refractivity contribution in [3.05, 3.63) is 46.2 Å². The van der Waals surface area contributed by atoms with Gasteiger partial charge in [-0.3, -0.25) is 9.89 Å². The lowest BCUT2D eigenvalue weighted by Gasteiger charge is -2.36. The second-order valence-electron chi connectivity index (χ2n) is 6.64. The summed E-state index contributed by atoms with van der Waals surface area (Å²) in [6.45, 7) is 13.0. The van der Waals surface area contributed by atoms with Crippen molar-refractivity contribution in [1.29, 1.82) is 0 Å². The van der Waals surface area contributed by atoms with Crippen molar-refractivity contribution in [1.82, 2.24) is 29.9 Å². The highest BCUT2D eigenvalue weighted by atomic mass is 35.5. The average Bonchev–Trinajstić information content (AvgIpc) is 3.33. The Hall–Kier alpha value is -1.90. The van der Waals surface area contributed by atoms with Crippen LogP contribution >= 0.6 is 22.9 Å². The summed E-state index contributed by atoms with van der Waals surface area (Å²) in [6.07, 6.45) is 4.52. The van der Waals surface area contributed by atoms with Crippen LogP contribution in [0, 0.1) is 0 Å². The van der Waals surface area contributed by atoms with Crippen LogP contribution in [0.2, 0.25) is 4.34 Å². The molecule has 0 spiro atoms. The van der Waals surface area contributed by atoms with Crippen LogP contribution in [-0.4, -0.2) is 69.8 Å². The first-order chi connectivity index (χ1) is 13.7. The normalized spacial score (nSPS) is 15.8. The lowest BCUT2D eigenvalue weighted by Crippen LogP contribution is -2.52. The smallest absolute Gasteiger partial charge is 0.194 e. The first-order valence-electron chi connectivity index (χ1n) is 9.67. The molecule has 0 saturated carbocycles. The van der Waals surface area contributed by atoms with Crippen LogP contribution in [0.25, 0.3) is 0 Å². The monoisotopic (exact) mass is 421 g/mol. The maximum absolute atomic E-state index is 6.05. The third-order valence-corrected chi connectivity index (χ3v) is 5.91. The number of hydrogen-bond acceptors (Lipinski definition) is 5. The molecule has 2 aromatic heterocycles. The number of hydrogen-bond donors (Lipinski definition) is 1. The molecular weight excluding hydrogens is 394 g/mol. The van der Waals surface area contributed by atoms with Crippen LogP contribution < -0.4 is 5.32 Å². The number of guanidine groups is 1. The van der Waals surface area contributed by atoms with Gasteiger partial charge >= 0.3 is 0 Å². The van der Waals surface area contributed by atoms with E-state index in [0.29, 0.717) is 13.1 Å². The van der Waals surface area contributed by atoms with Gasteiger partial charge in [0.15, 0.2) is 5.96 Å². The molecule has 0 unspecified atom stereocenters. The third kappa shape index (κ3) is 5.80. The second kappa shape index (κ2) is 10.6. The van der Waals surface area contributed by atoms with Gasteiger partial charge in [-0.25, -0.2) is 0 Å². The van der Waals surface area contributed by atoms with Crippen molar-refractivity contribution in [2.75, 3.05) is 39.3 Å². The summed E-state index contributed by atoms with van der Waals surface area (Å²) < 4.78 is 2.93. The number of rotatable bonds is 8. The van der Waals surface area contributed by atoms with E-state index in [0.717, 1.165) is 61.8 Å². The molecule has 1 aliphatic rings. The van der Waals surface area contributed by atoms with E-state index in [2.05, 4.69) is 49.5 Å². The summed E-state index contributed by atoms with van der Waals surface area (Å²) in [5.41, 5.74) is 0. The van der Waals surface area contributed by atoms with Gasteiger partial charge in [0.05, 0.1) is 10.9 Å². The van der Waals surface area contributed by atoms with Gasteiger partial charge in [-0.1, -0.05) is 24.6 Å². The van der Waals surface area contributed by atoms with E-state index >= 15 is 0 Å². The molecular formula is C19H28ClN7S. The predicted octanol–water partition coefficient (Wildman–Crippen LogP) is 2.50. The summed E-state index contributed by atoms with van der Waals surface area (Å²) in [5.74, 6) is 1.95. The summed E-state index contributed by atoms with van der Waals surface area (Å²) in [5, 5.41) is 11.5. The molecule has 0 aliphatic carbocycles. The van der Waals surface area contributed by atoms with Crippen LogP contribution in [-0.2, 0) is 19.5 Å². The topological polar surface area (TPSA) is 61.6 Å². The molecule has 0 bridgehead atoms. The molecule has 0 atom stereocenters. The Morgan fingerprint density at radius 2 is 2.18 bits per heavy atom. The Labute approximate surface area is 175 Å². The quantitative estimate of drug-likeness (QED) is 0.403. The van der Waals surface area contributed by atoms with Crippen molar-refractivity contribution < 1.29 is 0 Å². The van der Waals surface area contributed by atoms with Gasteiger partial charge in [-0.05, 0) is 12.1 Å². The van der Waals surface area contributed by atoms with E-state index in [9.17, 15) is 0 Å². The number of thiophene rings is 1. The van der Waals surface area contributed by atoms with Crippen LogP contribution in [0.3, 0.4) is 0 Å². The van der Waals surface area contributed by atoms with Crippen molar-refractivity contribution >= 4 is 28.9 Å². The van der Waals surface area contributed by atoms with E-state index in [-0.39, 0.29) is 0 Å². The summed E-state index contributed by atoms with van der Waals surface area (Å²) in [7, 11) is 0. The van der Waals surface area contributed by atoms with E-state index in [4.69, 9.17) is 16.6 Å². The zero-order valence-corrected chi connectivity index (χ0v) is 17.9. The number of aryl methyl sites for hydroxylation is 1. The number of halogens is 1. The third-order valence-electron chi connectivity index (χ3n) is 4.70. The highest BCUT2D eigenvalue weighted by Crippen LogP contribution is 2.23. The molecule has 0 aromatic carbocycles. The lowest BCUT2D eigenvalue weighted by molar-refractivity contribution is 0.174. The molecule has 3 heterocycles. The molecule has 3 rings (SSSR count). The second-order valence-corrected chi connectivity index (χ2v) is 8.44. The molecule has 9 heteroatoms. The Bertz CT molecular complexity index is 777. The maximum atomic E-state index is 6.05. The van der Waals surface area contributed by atoms with E-state index in [1.54, 1.807) is 17.7 Å². The highest BCUT2D eigenvalue weighted by molar-refractivity contribution is 7.16. The van der Waals surface area contributed by atoms with Gasteiger partial charge < -0.3 is 14.8 Å². The molecule has 28 heavy (non-hydrogen) atoms. The first-order valence-corrected chi connectivity index (χ1v) is 10.9. The maximum Gasteiger partial charge on any atom is 0.194 e. The van der Waals surface area contributed by atoms with Crippen molar-refractivity contribution in [2.24, 2.45) is 4.99 Å². The minimum atomic E-state index is 0.693. The van der Waals surface area contributed by atoms with E-state index in [1.165, 1.54) is 4.88 Å². The van der Waals surface area contributed by atoms with Crippen molar-refractivity contribution in [3.63, 3.8) is 0 Å². The van der Waals surface area contributed by atoms with Crippen LogP contribution in [0.1, 0.15) is 17.6 Å². The van der Waals surface area contributed by atoms with E-state index < -0.39 is 0 Å². The average molecular weight is 422 g/mol. The molecule has 1 fully saturated rings. The molecule has 1 saturated heterocycles. The highest BCUT2D eigenvalue weighted by Gasteiger charge is 2.20. The zero-order chi connectivity index (χ0) is 19.8. The SMILES string of the molecule is C=CCNC(=NCCn1cnnc1CC)N1CCN(Cc2ccc(Cl)s2)CC1. The number of piperazine rings is 1. The Balaban J connectivity index is 1.53. The van der Waals surface area contributed by atoms with Gasteiger partial charge in [0, 0.05) is 57.1 Å². The van der Waals surface area contributed by atoms with Gasteiger partial charge in [0.25, 0.3) is 0 Å². The summed E-state index contributed by atoms with van der Waals surface area (Å²) >= 11 is 7.71. The zero-order valence-electron chi connectivity index (χ0n) is 16.3. The molecule has 0 radical (unpaired) electrons. The fraction of sp³-hybridized carbons (Fsp3) is 0.526. The number of nitrogens with one attached hydrogen (secondary N) is 1. The van der Waals surface area contributed by atoms with Crippen LogP contribution in [0.5, 0.6) is 0 Å². The summed E-state index contributed by atoms with van der Waals surface area (Å²) in [6, 6.07) is 4.09. The minimum absolute atomic E-state index is 0.693. The number of aliphatic imine (C=N–C) groups is 1. The molecule has 1 aliphatic heterocycles. The first kappa shape index (κ1) is 20.8. The predicted molar refractivity (Wildman–Crippen MR) is 116 cm³/mol. The van der Waals surface area contributed by atoms with Gasteiger partial charge in [0.2, 0.25) is 0 Å². The van der Waals surface area contributed by atoms with Crippen LogP contribution in [0.4, 0.5) is 0 Å². The standard InChI is InChI=1S/C19H28ClN7S/c1-3-7-21-19(22-8-9-27-15-23-24-18(27)4-2)26-12-10-25(11-13-26)14-16-5-6-17(20)28-16/h3,5-6,15H,1,4,7-14H2,2H3,(H,21,22). The fourth-order valence-corrected chi connectivity index (χ4v) is 4.34. The Morgan fingerprint density at radius 3 is 2.86 bits per heavy atom. The molecule has 2 aromatic rings. The minimum Gasteiger partial charge on any atom is -0.353 e. The molecule has 0 amide bonds. The lowest BCUT2D eigenvalue weighted by atomic mass is 10.3. The van der Waals surface area contributed by atoms with Crippen LogP contribution in [0.15, 0.2) is 36.1 Å². The Kier molecular flexibility index (Phi) is 7.88. The number of aromatic nitrogens is 3.